The van der Waals surface area contributed by atoms with E-state index in [0.717, 1.165) is 37.5 Å². The molecule has 1 unspecified atom stereocenters. The van der Waals surface area contributed by atoms with Crippen molar-refractivity contribution in [3.8, 4) is 11.5 Å². The maximum Gasteiger partial charge on any atom is 0.0146 e. The summed E-state index contributed by atoms with van der Waals surface area (Å²) in [6, 6.07) is 30.6. The molecule has 1 atom stereocenters. The molecule has 6 aromatic carbocycles. The maximum atomic E-state index is 12.0. The van der Waals surface area contributed by atoms with E-state index in [9.17, 15) is 13.2 Å². The number of ether oxygens (including phenoxy) is 2. The van der Waals surface area contributed by atoms with E-state index < -0.39 is 36.9 Å². The number of nitrogens with one attached hydrogen (secondary N) is 1. The third-order valence-corrected chi connectivity index (χ3v) is 19.0. The van der Waals surface area contributed by atoms with Gasteiger partial charge in [-0.25, -0.2) is 0 Å². The number of sulfone groups is 1. The number of hydrogen-bond acceptors (Lipinski definition) is 8. The largest absolute Gasteiger partial charge is 0.502 e. The van der Waals surface area contributed by atoms with Gasteiger partial charge >= 0.3 is 241 Å². The maximum absolute atomic E-state index is 12.0. The Morgan fingerprint density at radius 2 is 0.866 bits per heavy atom. The molecule has 2 heterocycles. The van der Waals surface area contributed by atoms with Crippen LogP contribution in [0, 0.1) is 96.4 Å². The van der Waals surface area contributed by atoms with Gasteiger partial charge in [-0.05, 0) is 128 Å². The fourth-order valence-electron chi connectivity index (χ4n) is 10.8. The molecule has 3 N–H and O–H groups in total. The molecule has 2 saturated heterocycles. The second-order valence-electron chi connectivity index (χ2n) is 21.6. The van der Waals surface area contributed by atoms with E-state index in [1.807, 2.05) is 42.7 Å². The van der Waals surface area contributed by atoms with Crippen LogP contribution in [0.15, 0.2) is 95.9 Å². The fourth-order valence-corrected chi connectivity index (χ4v) is 15.6. The summed E-state index contributed by atoms with van der Waals surface area (Å²) in [5, 5.41) is 2.65. The molecule has 0 saturated carbocycles. The number of benzene rings is 6. The summed E-state index contributed by atoms with van der Waals surface area (Å²) in [4.78, 5) is 21.0. The number of Topliss-reactive ketones (excluding diaryl/α,β-unsaturated/α-hetero) is 1. The zero-order valence-corrected chi connectivity index (χ0v) is 58.0. The van der Waals surface area contributed by atoms with Crippen molar-refractivity contribution in [2.45, 2.75) is 128 Å². The monoisotopic (exact) mass is 1390 g/mol. The van der Waals surface area contributed by atoms with Crippen LogP contribution in [0.1, 0.15) is 106 Å². The quantitative estimate of drug-likeness (QED) is 0.0654. The molecule has 17 heteroatoms. The number of para-hydroxylation sites is 1. The molecule has 0 radical (unpaired) electrons. The molecule has 0 aromatic heterocycles. The third kappa shape index (κ3) is 19.4. The summed E-state index contributed by atoms with van der Waals surface area (Å²) >= 11 is -3.91. The van der Waals surface area contributed by atoms with Gasteiger partial charge in [0.1, 0.15) is 0 Å². The van der Waals surface area contributed by atoms with Crippen molar-refractivity contribution in [1.82, 2.24) is 5.32 Å². The van der Waals surface area contributed by atoms with Crippen molar-refractivity contribution in [2.75, 3.05) is 58.7 Å². The van der Waals surface area contributed by atoms with Crippen molar-refractivity contribution in [2.24, 2.45) is 0 Å². The van der Waals surface area contributed by atoms with Gasteiger partial charge in [0, 0.05) is 48.9 Å². The molecule has 6 aromatic rings. The summed E-state index contributed by atoms with van der Waals surface area (Å²) in [5.41, 5.74) is 23.3. The van der Waals surface area contributed by atoms with Crippen LogP contribution in [0.2, 0.25) is 0 Å². The first kappa shape index (κ1) is 68.6. The van der Waals surface area contributed by atoms with Gasteiger partial charge in [-0.15, -0.1) is 0 Å². The second kappa shape index (κ2) is 31.3. The van der Waals surface area contributed by atoms with Gasteiger partial charge in [0.25, 0.3) is 0 Å². The molecule has 0 spiro atoms. The molecular formula is C65H85Cl4N5O5Ru2S. The average molecular weight is 1390 g/mol. The molecule has 0 aliphatic carbocycles. The Kier molecular flexibility index (Phi) is 26.2. The first-order chi connectivity index (χ1) is 38.5. The molecule has 2 aliphatic heterocycles. The van der Waals surface area contributed by atoms with Crippen molar-refractivity contribution < 1.29 is 49.7 Å². The SMILES string of the molecule is CC(=O)C(C)[OH+]c1ccccc1[CH]=[Ru]([Cl])[Cl].CNCS(=O)(=O)c1ccc([OH+]C(C)C)c([CH]=[Ru]([Cl])[Cl])c1.Cc1cc(C)c(N2[CH-]N(c3c(C)cc(C)cc3C)CC2)c(C)c1.Cc1cc(C)c(N2[CH-]N(c3c(C)cc(C)cc3C)CC2)c(C)c1. The topological polar surface area (TPSA) is 102 Å². The molecule has 450 valence electrons. The zero-order chi connectivity index (χ0) is 60.9. The summed E-state index contributed by atoms with van der Waals surface area (Å²) in [7, 11) is 21.7. The van der Waals surface area contributed by atoms with Gasteiger partial charge in [-0.2, -0.15) is 13.3 Å². The third-order valence-electron chi connectivity index (χ3n) is 13.7. The van der Waals surface area contributed by atoms with Crippen LogP contribution in [0.5, 0.6) is 11.5 Å². The molecule has 0 bridgehead atoms. The van der Waals surface area contributed by atoms with Crippen LogP contribution in [0.4, 0.5) is 22.7 Å². The Bertz CT molecular complexity index is 3050. The summed E-state index contributed by atoms with van der Waals surface area (Å²) in [6.45, 7) is 42.3. The molecular weight excluding hydrogens is 1310 g/mol. The number of aromatic hydroxyl groups is 2. The number of rotatable bonds is 14. The number of anilines is 4. The zero-order valence-electron chi connectivity index (χ0n) is 50.7. The van der Waals surface area contributed by atoms with E-state index in [1.165, 1.54) is 96.4 Å². The van der Waals surface area contributed by atoms with Crippen LogP contribution < -0.4 is 24.9 Å². The van der Waals surface area contributed by atoms with Gasteiger partial charge < -0.3 is 19.6 Å². The van der Waals surface area contributed by atoms with Crippen LogP contribution in [0.3, 0.4) is 0 Å². The molecule has 82 heavy (non-hydrogen) atoms. The standard InChI is InChI=1S/2C21H27N2.C12H17NO3S.C11H12O2.4ClH.2Ru/c2*1-14-9-16(3)20(17(4)10-14)22-7-8-23(13-22)21-18(5)11-15(2)12-19(21)6;1-9(2)16-12-6-5-11(7-10(12)3)17(14,15)8-13-4;1-8-6-4-5-7-11(8)13-10(3)9(2)12;;;;;;/h2*9-13H,7-8H2,1-6H3;3,5-7,9,13H,8H2,1-2,4H3;1,4-7,10H,2-3H3;4*1H;;/q2*-1;;;;;;;2*+2/p-2. The molecule has 8 rings (SSSR count). The summed E-state index contributed by atoms with van der Waals surface area (Å²) in [5.74, 6) is 1.41. The van der Waals surface area contributed by atoms with Crippen molar-refractivity contribution in [3.05, 3.63) is 182 Å². The fraction of sp³-hybridized carbons (Fsp3) is 0.369. The smallest absolute Gasteiger partial charge is 0.0146 e. The molecule has 2 fully saturated rings. The first-order valence-corrected chi connectivity index (χ1v) is 39.9. The van der Waals surface area contributed by atoms with Gasteiger partial charge in [0.2, 0.25) is 0 Å². The van der Waals surface area contributed by atoms with Crippen molar-refractivity contribution in [1.29, 1.82) is 0 Å². The Morgan fingerprint density at radius 3 is 1.18 bits per heavy atom. The Labute approximate surface area is 517 Å². The minimum Gasteiger partial charge on any atom is -0.502 e. The van der Waals surface area contributed by atoms with E-state index in [1.54, 1.807) is 36.8 Å². The number of nitrogens with zero attached hydrogens (tertiary/aromatic N) is 4. The van der Waals surface area contributed by atoms with E-state index in [0.29, 0.717) is 11.3 Å². The van der Waals surface area contributed by atoms with Gasteiger partial charge in [0.05, 0.1) is 0 Å². The second-order valence-corrected chi connectivity index (χ2v) is 35.1. The minimum atomic E-state index is -3.36. The summed E-state index contributed by atoms with van der Waals surface area (Å²) < 4.78 is 36.4. The first-order valence-electron chi connectivity index (χ1n) is 27.3. The normalized spacial score (nSPS) is 13.8. The number of halogens is 4. The van der Waals surface area contributed by atoms with E-state index in [4.69, 9.17) is 38.8 Å². The number of ketones is 1. The summed E-state index contributed by atoms with van der Waals surface area (Å²) in [6.07, 6.45) is -0.228. The molecule has 2 aliphatic rings. The Balaban J connectivity index is 0.000000202. The van der Waals surface area contributed by atoms with Crippen LogP contribution in [0.25, 0.3) is 0 Å². The van der Waals surface area contributed by atoms with Crippen LogP contribution in [-0.4, -0.2) is 84.2 Å². The predicted molar refractivity (Wildman–Crippen MR) is 347 cm³/mol. The van der Waals surface area contributed by atoms with E-state index >= 15 is 0 Å². The van der Waals surface area contributed by atoms with E-state index in [-0.39, 0.29) is 28.8 Å². The van der Waals surface area contributed by atoms with Gasteiger partial charge in [-0.1, -0.05) is 70.8 Å². The van der Waals surface area contributed by atoms with Crippen molar-refractivity contribution >= 4 is 86.4 Å². The van der Waals surface area contributed by atoms with E-state index in [2.05, 4.69) is 179 Å². The number of aliphatic hydroxyl groups is 2. The minimum absolute atomic E-state index is 0.0423. The number of carbonyl (C=O) groups is 1. The Morgan fingerprint density at radius 1 is 0.537 bits per heavy atom. The average Bonchev–Trinajstić information content (AvgIpc) is 4.24. The van der Waals surface area contributed by atoms with Crippen LogP contribution >= 0.6 is 38.8 Å². The van der Waals surface area contributed by atoms with Gasteiger partial charge in [-0.3, -0.25) is 0 Å². The van der Waals surface area contributed by atoms with Crippen molar-refractivity contribution in [3.63, 3.8) is 0 Å². The Hall–Kier alpha value is -4.15. The molecule has 0 amide bonds. The predicted octanol–water partition coefficient (Wildman–Crippen LogP) is 15.3. The number of carbonyl (C=O) groups excluding carboxylic acids is 1. The van der Waals surface area contributed by atoms with Crippen LogP contribution in [-0.2, 0) is 41.7 Å². The number of aryl methyl sites for hydroxylation is 12. The van der Waals surface area contributed by atoms with Gasteiger partial charge in [0.15, 0.2) is 0 Å². The molecule has 10 nitrogen and oxygen atoms in total. The number of hydrogen-bond donors (Lipinski definition) is 1.